The molecule has 7 heteroatoms. The van der Waals surface area contributed by atoms with Crippen LogP contribution in [-0.4, -0.2) is 39.4 Å². The minimum Gasteiger partial charge on any atom is -0.373 e. The van der Waals surface area contributed by atoms with Crippen molar-refractivity contribution < 1.29 is 4.79 Å². The fourth-order valence-electron chi connectivity index (χ4n) is 3.24. The van der Waals surface area contributed by atoms with Crippen LogP contribution in [0.5, 0.6) is 0 Å². The van der Waals surface area contributed by atoms with Gasteiger partial charge in [-0.25, -0.2) is 15.0 Å². The van der Waals surface area contributed by atoms with Crippen LogP contribution in [0.15, 0.2) is 6.07 Å². The summed E-state index contributed by atoms with van der Waals surface area (Å²) in [5.74, 6) is 1.68. The van der Waals surface area contributed by atoms with Gasteiger partial charge in [0.15, 0.2) is 0 Å². The first kappa shape index (κ1) is 16.8. The van der Waals surface area contributed by atoms with Gasteiger partial charge in [0.05, 0.1) is 28.9 Å². The molecule has 128 valence electrons. The largest absolute Gasteiger partial charge is 0.373 e. The van der Waals surface area contributed by atoms with Crippen LogP contribution < -0.4 is 5.32 Å². The van der Waals surface area contributed by atoms with Crippen molar-refractivity contribution in [3.05, 3.63) is 33.2 Å². The molecule has 0 saturated carbocycles. The monoisotopic (exact) mass is 345 g/mol. The normalized spacial score (nSPS) is 17.3. The highest BCUT2D eigenvalue weighted by Crippen LogP contribution is 2.32. The predicted molar refractivity (Wildman–Crippen MR) is 95.3 cm³/mol. The van der Waals surface area contributed by atoms with Crippen LogP contribution in [0.25, 0.3) is 0 Å². The lowest BCUT2D eigenvalue weighted by Gasteiger charge is -2.24. The molecular weight excluding hydrogens is 322 g/mol. The van der Waals surface area contributed by atoms with Gasteiger partial charge in [0.1, 0.15) is 11.6 Å². The van der Waals surface area contributed by atoms with Gasteiger partial charge in [-0.2, -0.15) is 0 Å². The Bertz CT molecular complexity index is 757. The molecule has 2 aromatic rings. The Morgan fingerprint density at radius 3 is 2.79 bits per heavy atom. The van der Waals surface area contributed by atoms with Gasteiger partial charge in [-0.1, -0.05) is 0 Å². The van der Waals surface area contributed by atoms with Crippen molar-refractivity contribution in [2.24, 2.45) is 0 Å². The Balaban J connectivity index is 1.81. The second kappa shape index (κ2) is 6.84. The van der Waals surface area contributed by atoms with Crippen molar-refractivity contribution in [3.8, 4) is 0 Å². The van der Waals surface area contributed by atoms with Crippen LogP contribution in [0.3, 0.4) is 0 Å². The molecule has 1 saturated heterocycles. The number of carbonyl (C=O) groups excluding carboxylic acids is 1. The Morgan fingerprint density at radius 2 is 2.12 bits per heavy atom. The first-order valence-corrected chi connectivity index (χ1v) is 9.05. The molecule has 0 spiro atoms. The third-order valence-corrected chi connectivity index (χ3v) is 5.41. The fraction of sp³-hybridized carbons (Fsp3) is 0.529. The highest BCUT2D eigenvalue weighted by atomic mass is 32.1. The van der Waals surface area contributed by atoms with E-state index in [1.54, 1.807) is 11.3 Å². The zero-order valence-corrected chi connectivity index (χ0v) is 15.4. The number of amides is 1. The van der Waals surface area contributed by atoms with Gasteiger partial charge < -0.3 is 10.2 Å². The molecule has 0 radical (unpaired) electrons. The highest BCUT2D eigenvalue weighted by molar-refractivity contribution is 7.11. The highest BCUT2D eigenvalue weighted by Gasteiger charge is 2.31. The van der Waals surface area contributed by atoms with Gasteiger partial charge in [-0.15, -0.1) is 11.3 Å². The summed E-state index contributed by atoms with van der Waals surface area (Å²) in [6, 6.07) is 1.99. The summed E-state index contributed by atoms with van der Waals surface area (Å²) >= 11 is 1.61. The van der Waals surface area contributed by atoms with E-state index in [9.17, 15) is 4.79 Å². The zero-order chi connectivity index (χ0) is 17.3. The Labute approximate surface area is 146 Å². The Morgan fingerprint density at radius 1 is 1.33 bits per heavy atom. The van der Waals surface area contributed by atoms with Crippen molar-refractivity contribution >= 4 is 23.1 Å². The summed E-state index contributed by atoms with van der Waals surface area (Å²) in [4.78, 5) is 29.2. The van der Waals surface area contributed by atoms with E-state index in [1.165, 1.54) is 0 Å². The molecule has 1 N–H and O–H groups in total. The minimum absolute atomic E-state index is 0.0422. The number of anilines is 1. The van der Waals surface area contributed by atoms with Crippen LogP contribution in [0.1, 0.15) is 46.0 Å². The van der Waals surface area contributed by atoms with E-state index in [2.05, 4.69) is 20.3 Å². The van der Waals surface area contributed by atoms with E-state index in [0.29, 0.717) is 6.42 Å². The lowest BCUT2D eigenvalue weighted by atomic mass is 10.1. The van der Waals surface area contributed by atoms with E-state index in [1.807, 2.05) is 38.8 Å². The molecule has 6 nitrogen and oxygen atoms in total. The maximum atomic E-state index is 12.8. The molecule has 3 rings (SSSR count). The molecule has 0 aliphatic carbocycles. The van der Waals surface area contributed by atoms with Gasteiger partial charge >= 0.3 is 0 Å². The number of likely N-dealkylation sites (tertiary alicyclic amines) is 1. The average Bonchev–Trinajstić information content (AvgIpc) is 3.13. The molecular formula is C17H23N5OS. The van der Waals surface area contributed by atoms with Crippen molar-refractivity contribution in [1.29, 1.82) is 0 Å². The molecule has 1 aliphatic rings. The van der Waals surface area contributed by atoms with Crippen molar-refractivity contribution in [3.63, 3.8) is 0 Å². The molecule has 0 aromatic carbocycles. The molecule has 1 fully saturated rings. The first-order chi connectivity index (χ1) is 11.5. The third-order valence-electron chi connectivity index (χ3n) is 4.34. The van der Waals surface area contributed by atoms with E-state index in [-0.39, 0.29) is 11.9 Å². The number of carbonyl (C=O) groups is 1. The number of aryl methyl sites for hydroxylation is 3. The topological polar surface area (TPSA) is 71.0 Å². The van der Waals surface area contributed by atoms with Gasteiger partial charge in [0, 0.05) is 24.5 Å². The Hall–Kier alpha value is -2.02. The number of thiazole rings is 1. The van der Waals surface area contributed by atoms with Crippen molar-refractivity contribution in [1.82, 2.24) is 19.9 Å². The predicted octanol–water partition coefficient (Wildman–Crippen LogP) is 2.81. The van der Waals surface area contributed by atoms with Crippen molar-refractivity contribution in [2.75, 3.05) is 18.9 Å². The standard InChI is InChI=1S/C17H23N5OS/c1-10-15(24-12(3)19-10)9-17(23)22-7-5-6-14(22)13-8-16(18-4)21-11(2)20-13/h8,14H,5-7,9H2,1-4H3,(H,18,20,21)/t14-/m1/s1. The van der Waals surface area contributed by atoms with Gasteiger partial charge in [0.25, 0.3) is 0 Å². The summed E-state index contributed by atoms with van der Waals surface area (Å²) in [6.07, 6.45) is 2.39. The number of rotatable bonds is 4. The molecule has 1 amide bonds. The molecule has 3 heterocycles. The average molecular weight is 345 g/mol. The maximum Gasteiger partial charge on any atom is 0.228 e. The van der Waals surface area contributed by atoms with Crippen LogP contribution in [0.4, 0.5) is 5.82 Å². The van der Waals surface area contributed by atoms with E-state index >= 15 is 0 Å². The van der Waals surface area contributed by atoms with Crippen LogP contribution >= 0.6 is 11.3 Å². The molecule has 0 bridgehead atoms. The summed E-state index contributed by atoms with van der Waals surface area (Å²) in [5.41, 5.74) is 1.90. The molecule has 1 atom stereocenters. The molecule has 1 aliphatic heterocycles. The minimum atomic E-state index is 0.0422. The van der Waals surface area contributed by atoms with Gasteiger partial charge in [-0.05, 0) is 33.6 Å². The number of nitrogens with zero attached hydrogens (tertiary/aromatic N) is 4. The molecule has 0 unspecified atom stereocenters. The third kappa shape index (κ3) is 3.40. The second-order valence-corrected chi connectivity index (χ2v) is 7.43. The van der Waals surface area contributed by atoms with E-state index in [0.717, 1.165) is 52.3 Å². The zero-order valence-electron chi connectivity index (χ0n) is 14.6. The number of hydrogen-bond acceptors (Lipinski definition) is 6. The Kier molecular flexibility index (Phi) is 4.80. The lowest BCUT2D eigenvalue weighted by Crippen LogP contribution is -2.32. The smallest absolute Gasteiger partial charge is 0.228 e. The quantitative estimate of drug-likeness (QED) is 0.922. The van der Waals surface area contributed by atoms with Gasteiger partial charge in [0.2, 0.25) is 5.91 Å². The number of nitrogens with one attached hydrogen (secondary N) is 1. The van der Waals surface area contributed by atoms with E-state index in [4.69, 9.17) is 0 Å². The van der Waals surface area contributed by atoms with Crippen LogP contribution in [0.2, 0.25) is 0 Å². The van der Waals surface area contributed by atoms with Crippen LogP contribution in [-0.2, 0) is 11.2 Å². The van der Waals surface area contributed by atoms with Crippen molar-refractivity contribution in [2.45, 2.75) is 46.1 Å². The van der Waals surface area contributed by atoms with E-state index < -0.39 is 0 Å². The van der Waals surface area contributed by atoms with Gasteiger partial charge in [-0.3, -0.25) is 4.79 Å². The fourth-order valence-corrected chi connectivity index (χ4v) is 4.17. The summed E-state index contributed by atoms with van der Waals surface area (Å²) < 4.78 is 0. The number of hydrogen-bond donors (Lipinski definition) is 1. The second-order valence-electron chi connectivity index (χ2n) is 6.14. The summed E-state index contributed by atoms with van der Waals surface area (Å²) in [6.45, 7) is 6.63. The first-order valence-electron chi connectivity index (χ1n) is 8.23. The molecule has 24 heavy (non-hydrogen) atoms. The maximum absolute atomic E-state index is 12.8. The molecule has 2 aromatic heterocycles. The SMILES string of the molecule is CNc1cc([C@H]2CCCN2C(=O)Cc2sc(C)nc2C)nc(C)n1. The summed E-state index contributed by atoms with van der Waals surface area (Å²) in [5, 5.41) is 4.08. The van der Waals surface area contributed by atoms with Crippen LogP contribution in [0, 0.1) is 20.8 Å². The lowest BCUT2D eigenvalue weighted by molar-refractivity contribution is -0.131. The summed E-state index contributed by atoms with van der Waals surface area (Å²) in [7, 11) is 1.85. The number of aromatic nitrogens is 3.